The van der Waals surface area contributed by atoms with E-state index in [0.29, 0.717) is 5.82 Å². The summed E-state index contributed by atoms with van der Waals surface area (Å²) in [5, 5.41) is 0.213. The van der Waals surface area contributed by atoms with Gasteiger partial charge < -0.3 is 16.2 Å². The van der Waals surface area contributed by atoms with E-state index in [9.17, 15) is 0 Å². The van der Waals surface area contributed by atoms with E-state index in [1.807, 2.05) is 0 Å². The third-order valence-corrected chi connectivity index (χ3v) is 2.16. The van der Waals surface area contributed by atoms with Gasteiger partial charge in [-0.05, 0) is 19.8 Å². The number of ether oxygens (including phenoxy) is 1. The molecule has 0 unspecified atom stereocenters. The van der Waals surface area contributed by atoms with Crippen molar-refractivity contribution in [3.05, 3.63) is 11.0 Å². The number of aryl methyl sites for hydroxylation is 1. The SMILES string of the molecule is C#C.C1CCOC1.Cc1nc(N)c(N)c(Cl)n1. The molecule has 1 aromatic heterocycles. The van der Waals surface area contributed by atoms with E-state index in [2.05, 4.69) is 22.8 Å². The molecule has 0 bridgehead atoms. The molecule has 17 heavy (non-hydrogen) atoms. The summed E-state index contributed by atoms with van der Waals surface area (Å²) < 4.78 is 4.94. The lowest BCUT2D eigenvalue weighted by Crippen LogP contribution is -2.02. The van der Waals surface area contributed by atoms with Gasteiger partial charge >= 0.3 is 0 Å². The molecular weight excluding hydrogens is 240 g/mol. The maximum absolute atomic E-state index is 5.56. The van der Waals surface area contributed by atoms with Crippen LogP contribution in [0.25, 0.3) is 0 Å². The monoisotopic (exact) mass is 256 g/mol. The molecule has 5 nitrogen and oxygen atoms in total. The van der Waals surface area contributed by atoms with Gasteiger partial charge in [0.1, 0.15) is 11.5 Å². The standard InChI is InChI=1S/C5H7ClN4.C4H8O.C2H2/c1-2-9-4(6)3(7)5(8)10-2;1-2-4-5-3-1;1-2/h7H2,1H3,(H2,8,9,10);1-4H2;1-2H. The highest BCUT2D eigenvalue weighted by Crippen LogP contribution is 2.19. The Balaban J connectivity index is 0.000000306. The van der Waals surface area contributed by atoms with Crippen molar-refractivity contribution >= 4 is 23.1 Å². The average Bonchev–Trinajstić information content (AvgIpc) is 2.87. The predicted molar refractivity (Wildman–Crippen MR) is 70.5 cm³/mol. The summed E-state index contributed by atoms with van der Waals surface area (Å²) in [6.45, 7) is 3.70. The Morgan fingerprint density at radius 1 is 1.18 bits per heavy atom. The molecule has 0 saturated carbocycles. The zero-order valence-corrected chi connectivity index (χ0v) is 10.6. The van der Waals surface area contributed by atoms with Crippen molar-refractivity contribution in [2.24, 2.45) is 0 Å². The Labute approximate surface area is 107 Å². The molecule has 1 aliphatic heterocycles. The molecule has 2 rings (SSSR count). The molecule has 4 N–H and O–H groups in total. The van der Waals surface area contributed by atoms with Crippen LogP contribution in [0.4, 0.5) is 11.5 Å². The summed E-state index contributed by atoms with van der Waals surface area (Å²) in [4.78, 5) is 7.57. The van der Waals surface area contributed by atoms with Crippen molar-refractivity contribution in [1.29, 1.82) is 0 Å². The van der Waals surface area contributed by atoms with Gasteiger partial charge in [-0.3, -0.25) is 0 Å². The van der Waals surface area contributed by atoms with Crippen molar-refractivity contribution in [3.63, 3.8) is 0 Å². The minimum absolute atomic E-state index is 0.213. The minimum atomic E-state index is 0.213. The molecule has 0 radical (unpaired) electrons. The van der Waals surface area contributed by atoms with Gasteiger partial charge in [-0.15, -0.1) is 12.8 Å². The fraction of sp³-hybridized carbons (Fsp3) is 0.455. The Kier molecular flexibility index (Phi) is 7.85. The van der Waals surface area contributed by atoms with Crippen molar-refractivity contribution in [1.82, 2.24) is 9.97 Å². The van der Waals surface area contributed by atoms with Crippen LogP contribution in [0.5, 0.6) is 0 Å². The molecule has 1 aliphatic rings. The first-order chi connectivity index (χ1) is 8.11. The number of hydrogen-bond donors (Lipinski definition) is 2. The molecule has 0 spiro atoms. The van der Waals surface area contributed by atoms with Gasteiger partial charge in [0.05, 0.1) is 0 Å². The number of rotatable bonds is 0. The Bertz CT molecular complexity index is 333. The van der Waals surface area contributed by atoms with Crippen molar-refractivity contribution < 1.29 is 4.74 Å². The van der Waals surface area contributed by atoms with Crippen LogP contribution >= 0.6 is 11.6 Å². The highest BCUT2D eigenvalue weighted by Gasteiger charge is 2.02. The number of nitrogens with zero attached hydrogens (tertiary/aromatic N) is 2. The third kappa shape index (κ3) is 5.95. The first-order valence-electron chi connectivity index (χ1n) is 5.07. The maximum atomic E-state index is 5.56. The van der Waals surface area contributed by atoms with Crippen molar-refractivity contribution in [2.75, 3.05) is 24.7 Å². The first kappa shape index (κ1) is 15.5. The number of halogens is 1. The van der Waals surface area contributed by atoms with Gasteiger partial charge in [0.25, 0.3) is 0 Å². The van der Waals surface area contributed by atoms with E-state index in [-0.39, 0.29) is 16.7 Å². The molecule has 0 amide bonds. The topological polar surface area (TPSA) is 87.0 Å². The highest BCUT2D eigenvalue weighted by molar-refractivity contribution is 6.32. The van der Waals surface area contributed by atoms with Gasteiger partial charge in [0, 0.05) is 13.2 Å². The Hall–Kier alpha value is -1.51. The molecule has 1 fully saturated rings. The van der Waals surface area contributed by atoms with E-state index in [1.165, 1.54) is 12.8 Å². The average molecular weight is 257 g/mol. The smallest absolute Gasteiger partial charge is 0.157 e. The van der Waals surface area contributed by atoms with Gasteiger partial charge in [-0.25, -0.2) is 9.97 Å². The zero-order valence-electron chi connectivity index (χ0n) is 9.82. The summed E-state index contributed by atoms with van der Waals surface area (Å²) in [6, 6.07) is 0. The second kappa shape index (κ2) is 8.62. The fourth-order valence-corrected chi connectivity index (χ4v) is 1.30. The molecule has 0 aliphatic carbocycles. The summed E-state index contributed by atoms with van der Waals surface area (Å²) in [6.07, 6.45) is 10.6. The summed E-state index contributed by atoms with van der Waals surface area (Å²) in [5.41, 5.74) is 11.0. The lowest BCUT2D eigenvalue weighted by atomic mass is 10.4. The van der Waals surface area contributed by atoms with Crippen LogP contribution in [0.1, 0.15) is 18.7 Å². The van der Waals surface area contributed by atoms with Crippen molar-refractivity contribution in [2.45, 2.75) is 19.8 Å². The lowest BCUT2D eigenvalue weighted by Gasteiger charge is -2.00. The third-order valence-electron chi connectivity index (χ3n) is 1.87. The van der Waals surface area contributed by atoms with Crippen LogP contribution in [-0.2, 0) is 4.74 Å². The van der Waals surface area contributed by atoms with E-state index >= 15 is 0 Å². The van der Waals surface area contributed by atoms with Gasteiger partial charge in [-0.2, -0.15) is 0 Å². The molecule has 0 atom stereocenters. The number of anilines is 2. The number of terminal acetylenes is 1. The van der Waals surface area contributed by atoms with Gasteiger partial charge in [-0.1, -0.05) is 11.6 Å². The van der Waals surface area contributed by atoms with E-state index in [4.69, 9.17) is 27.8 Å². The largest absolute Gasteiger partial charge is 0.393 e. The molecular formula is C11H17ClN4O. The van der Waals surface area contributed by atoms with E-state index in [1.54, 1.807) is 6.92 Å². The van der Waals surface area contributed by atoms with Gasteiger partial charge in [0.2, 0.25) is 0 Å². The summed E-state index contributed by atoms with van der Waals surface area (Å²) >= 11 is 5.56. The van der Waals surface area contributed by atoms with Crippen LogP contribution in [0.3, 0.4) is 0 Å². The molecule has 1 saturated heterocycles. The Morgan fingerprint density at radius 2 is 1.71 bits per heavy atom. The van der Waals surface area contributed by atoms with Crippen molar-refractivity contribution in [3.8, 4) is 12.8 Å². The fourth-order valence-electron chi connectivity index (χ4n) is 1.08. The van der Waals surface area contributed by atoms with E-state index in [0.717, 1.165) is 13.2 Å². The first-order valence-corrected chi connectivity index (χ1v) is 5.45. The normalized spacial score (nSPS) is 12.9. The van der Waals surface area contributed by atoms with Crippen LogP contribution in [0.15, 0.2) is 0 Å². The second-order valence-corrected chi connectivity index (χ2v) is 3.54. The number of hydrogen-bond acceptors (Lipinski definition) is 5. The van der Waals surface area contributed by atoms with Crippen LogP contribution < -0.4 is 11.5 Å². The number of nitrogens with two attached hydrogens (primary N) is 2. The maximum Gasteiger partial charge on any atom is 0.157 e. The van der Waals surface area contributed by atoms with Crippen LogP contribution in [0, 0.1) is 19.8 Å². The van der Waals surface area contributed by atoms with Gasteiger partial charge in [0.15, 0.2) is 11.0 Å². The summed E-state index contributed by atoms with van der Waals surface area (Å²) in [5.74, 6) is 0.759. The number of aromatic nitrogens is 2. The highest BCUT2D eigenvalue weighted by atomic mass is 35.5. The summed E-state index contributed by atoms with van der Waals surface area (Å²) in [7, 11) is 0. The Morgan fingerprint density at radius 3 is 2.06 bits per heavy atom. The predicted octanol–water partition coefficient (Wildman–Crippen LogP) is 1.65. The lowest BCUT2D eigenvalue weighted by molar-refractivity contribution is 0.198. The van der Waals surface area contributed by atoms with Crippen LogP contribution in [-0.4, -0.2) is 23.2 Å². The quantitative estimate of drug-likeness (QED) is 0.544. The zero-order chi connectivity index (χ0) is 13.3. The molecule has 0 aromatic carbocycles. The van der Waals surface area contributed by atoms with E-state index < -0.39 is 0 Å². The molecule has 1 aromatic rings. The second-order valence-electron chi connectivity index (χ2n) is 3.18. The molecule has 2 heterocycles. The minimum Gasteiger partial charge on any atom is -0.393 e. The number of nitrogen functional groups attached to an aromatic ring is 2. The molecule has 6 heteroatoms. The van der Waals surface area contributed by atoms with Crippen LogP contribution in [0.2, 0.25) is 5.15 Å². The molecule has 94 valence electrons.